The van der Waals surface area contributed by atoms with Crippen molar-refractivity contribution in [3.05, 3.63) is 59.7 Å². The number of carbonyl (C=O) groups is 1. The van der Waals surface area contributed by atoms with Crippen LogP contribution in [0.4, 0.5) is 23.5 Å². The number of benzene rings is 2. The SMILES string of the molecule is COc1ccc(CNc2nc(NCC3CCCCC3)nc(Nc3ccc(CC(=O)NCCOCCOCCN)cc3)n2)cc1. The molecule has 1 heterocycles. The molecule has 0 atom stereocenters. The van der Waals surface area contributed by atoms with Crippen LogP contribution in [0.25, 0.3) is 0 Å². The van der Waals surface area contributed by atoms with Crippen LogP contribution in [0.3, 0.4) is 0 Å². The number of hydrogen-bond acceptors (Lipinski definition) is 11. The highest BCUT2D eigenvalue weighted by Gasteiger charge is 2.15. The molecule has 0 radical (unpaired) electrons. The molecule has 4 rings (SSSR count). The van der Waals surface area contributed by atoms with Gasteiger partial charge < -0.3 is 41.2 Å². The number of amides is 1. The van der Waals surface area contributed by atoms with E-state index in [0.717, 1.165) is 29.1 Å². The van der Waals surface area contributed by atoms with Gasteiger partial charge in [0.15, 0.2) is 0 Å². The highest BCUT2D eigenvalue weighted by Crippen LogP contribution is 2.24. The van der Waals surface area contributed by atoms with Crippen molar-refractivity contribution in [3.8, 4) is 5.75 Å². The molecule has 12 nitrogen and oxygen atoms in total. The van der Waals surface area contributed by atoms with E-state index >= 15 is 0 Å². The number of aromatic nitrogens is 3. The van der Waals surface area contributed by atoms with Gasteiger partial charge in [-0.05, 0) is 54.2 Å². The van der Waals surface area contributed by atoms with Crippen molar-refractivity contribution in [1.82, 2.24) is 20.3 Å². The number of rotatable bonds is 19. The predicted molar refractivity (Wildman–Crippen MR) is 172 cm³/mol. The average Bonchev–Trinajstić information content (AvgIpc) is 3.05. The molecule has 6 N–H and O–H groups in total. The van der Waals surface area contributed by atoms with Gasteiger partial charge in [0.1, 0.15) is 5.75 Å². The number of methoxy groups -OCH3 is 1. The quantitative estimate of drug-likeness (QED) is 0.126. The summed E-state index contributed by atoms with van der Waals surface area (Å²) in [5.41, 5.74) is 8.17. The third-order valence-corrected chi connectivity index (χ3v) is 7.30. The Balaban J connectivity index is 1.30. The Morgan fingerprint density at radius 3 is 2.18 bits per heavy atom. The van der Waals surface area contributed by atoms with Crippen LogP contribution in [-0.4, -0.2) is 74.0 Å². The Morgan fingerprint density at radius 1 is 0.818 bits per heavy atom. The molecule has 1 amide bonds. The summed E-state index contributed by atoms with van der Waals surface area (Å²) in [5, 5.41) is 12.9. The molecule has 0 unspecified atom stereocenters. The van der Waals surface area contributed by atoms with Crippen LogP contribution >= 0.6 is 0 Å². The molecule has 0 aliphatic heterocycles. The number of ether oxygens (including phenoxy) is 3. The lowest BCUT2D eigenvalue weighted by Gasteiger charge is -2.21. The number of hydrogen-bond donors (Lipinski definition) is 5. The van der Waals surface area contributed by atoms with E-state index in [9.17, 15) is 4.79 Å². The van der Waals surface area contributed by atoms with Gasteiger partial charge in [-0.15, -0.1) is 0 Å². The van der Waals surface area contributed by atoms with Gasteiger partial charge in [-0.1, -0.05) is 43.5 Å². The third-order valence-electron chi connectivity index (χ3n) is 7.30. The maximum atomic E-state index is 12.3. The molecular weight excluding hydrogens is 560 g/mol. The summed E-state index contributed by atoms with van der Waals surface area (Å²) in [4.78, 5) is 26.2. The van der Waals surface area contributed by atoms with Crippen LogP contribution < -0.4 is 31.7 Å². The van der Waals surface area contributed by atoms with E-state index in [0.29, 0.717) is 69.8 Å². The van der Waals surface area contributed by atoms with Crippen LogP contribution in [0.1, 0.15) is 43.2 Å². The van der Waals surface area contributed by atoms with E-state index in [1.165, 1.54) is 32.1 Å². The second-order valence-corrected chi connectivity index (χ2v) is 10.8. The number of carbonyl (C=O) groups excluding carboxylic acids is 1. The smallest absolute Gasteiger partial charge is 0.233 e. The summed E-state index contributed by atoms with van der Waals surface area (Å²) in [6, 6.07) is 15.5. The minimum Gasteiger partial charge on any atom is -0.497 e. The molecule has 2 aromatic carbocycles. The molecule has 238 valence electrons. The van der Waals surface area contributed by atoms with Crippen LogP contribution in [0, 0.1) is 5.92 Å². The summed E-state index contributed by atoms with van der Waals surface area (Å²) < 4.78 is 16.0. The lowest BCUT2D eigenvalue weighted by Crippen LogP contribution is -2.29. The van der Waals surface area contributed by atoms with Crippen LogP contribution in [0.15, 0.2) is 48.5 Å². The molecule has 1 fully saturated rings. The molecule has 0 saturated heterocycles. The molecule has 1 aliphatic rings. The zero-order valence-electron chi connectivity index (χ0n) is 25.6. The van der Waals surface area contributed by atoms with Gasteiger partial charge >= 0.3 is 0 Å². The van der Waals surface area contributed by atoms with Crippen LogP contribution in [0.2, 0.25) is 0 Å². The van der Waals surface area contributed by atoms with E-state index in [1.807, 2.05) is 48.5 Å². The van der Waals surface area contributed by atoms with E-state index in [2.05, 4.69) is 36.2 Å². The van der Waals surface area contributed by atoms with Gasteiger partial charge in [0, 0.05) is 31.9 Å². The Hall–Kier alpha value is -4.00. The summed E-state index contributed by atoms with van der Waals surface area (Å²) in [7, 11) is 1.65. The number of anilines is 4. The van der Waals surface area contributed by atoms with Crippen molar-refractivity contribution in [3.63, 3.8) is 0 Å². The highest BCUT2D eigenvalue weighted by molar-refractivity contribution is 5.78. The molecule has 44 heavy (non-hydrogen) atoms. The first kappa shape index (κ1) is 32.9. The van der Waals surface area contributed by atoms with Crippen molar-refractivity contribution in [2.24, 2.45) is 11.7 Å². The monoisotopic (exact) mass is 606 g/mol. The van der Waals surface area contributed by atoms with Crippen molar-refractivity contribution < 1.29 is 19.0 Å². The zero-order chi connectivity index (χ0) is 30.8. The molecule has 0 bridgehead atoms. The molecule has 1 aliphatic carbocycles. The summed E-state index contributed by atoms with van der Waals surface area (Å²) in [6.45, 7) is 4.26. The van der Waals surface area contributed by atoms with Crippen molar-refractivity contribution >= 4 is 29.4 Å². The largest absolute Gasteiger partial charge is 0.497 e. The molecule has 0 spiro atoms. The molecular formula is C32H46N8O4. The minimum atomic E-state index is -0.0626. The van der Waals surface area contributed by atoms with E-state index in [1.54, 1.807) is 7.11 Å². The maximum absolute atomic E-state index is 12.3. The molecule has 3 aromatic rings. The fourth-order valence-corrected chi connectivity index (χ4v) is 4.89. The van der Waals surface area contributed by atoms with Crippen molar-refractivity contribution in [1.29, 1.82) is 0 Å². The first-order valence-electron chi connectivity index (χ1n) is 15.5. The van der Waals surface area contributed by atoms with E-state index < -0.39 is 0 Å². The molecule has 1 saturated carbocycles. The molecule has 1 aromatic heterocycles. The topological polar surface area (TPSA) is 158 Å². The van der Waals surface area contributed by atoms with E-state index in [-0.39, 0.29) is 12.3 Å². The summed E-state index contributed by atoms with van der Waals surface area (Å²) >= 11 is 0. The van der Waals surface area contributed by atoms with Crippen molar-refractivity contribution in [2.45, 2.75) is 45.1 Å². The van der Waals surface area contributed by atoms with Gasteiger partial charge in [-0.25, -0.2) is 0 Å². The predicted octanol–water partition coefficient (Wildman–Crippen LogP) is 3.88. The Morgan fingerprint density at radius 2 is 1.48 bits per heavy atom. The highest BCUT2D eigenvalue weighted by atomic mass is 16.5. The van der Waals surface area contributed by atoms with Gasteiger partial charge in [0.25, 0.3) is 0 Å². The average molecular weight is 607 g/mol. The fourth-order valence-electron chi connectivity index (χ4n) is 4.89. The Labute approximate surface area is 259 Å². The standard InChI is InChI=1S/C32H46N8O4/c1-42-28-13-9-26(10-14-28)23-36-31-38-30(35-22-25-5-3-2-4-6-25)39-32(40-31)37-27-11-7-24(8-12-27)21-29(41)34-16-18-44-20-19-43-17-15-33/h7-14,25H,2-6,15-23,33H2,1H3,(H,34,41)(H3,35,36,37,38,39,40). The first-order chi connectivity index (χ1) is 21.6. The Bertz CT molecular complexity index is 1250. The van der Waals surface area contributed by atoms with Crippen molar-refractivity contribution in [2.75, 3.05) is 69.1 Å². The Kier molecular flexibility index (Phi) is 13.9. The lowest BCUT2D eigenvalue weighted by atomic mass is 9.89. The number of nitrogens with two attached hydrogens (primary N) is 1. The minimum absolute atomic E-state index is 0.0626. The first-order valence-corrected chi connectivity index (χ1v) is 15.5. The number of nitrogens with one attached hydrogen (secondary N) is 4. The number of nitrogens with zero attached hydrogens (tertiary/aromatic N) is 3. The molecule has 12 heteroatoms. The van der Waals surface area contributed by atoms with Gasteiger partial charge in [-0.2, -0.15) is 15.0 Å². The zero-order valence-corrected chi connectivity index (χ0v) is 25.6. The van der Waals surface area contributed by atoms with Crippen LogP contribution in [-0.2, 0) is 27.2 Å². The third kappa shape index (κ3) is 11.9. The fraction of sp³-hybridized carbons (Fsp3) is 0.500. The van der Waals surface area contributed by atoms with Crippen LogP contribution in [0.5, 0.6) is 5.75 Å². The van der Waals surface area contributed by atoms with Gasteiger partial charge in [0.2, 0.25) is 23.8 Å². The summed E-state index contributed by atoms with van der Waals surface area (Å²) in [5.74, 6) is 2.82. The van der Waals surface area contributed by atoms with Gasteiger partial charge in [0.05, 0.1) is 40.0 Å². The summed E-state index contributed by atoms with van der Waals surface area (Å²) in [6.07, 6.45) is 6.62. The second kappa shape index (κ2) is 18.6. The second-order valence-electron chi connectivity index (χ2n) is 10.8. The van der Waals surface area contributed by atoms with E-state index in [4.69, 9.17) is 19.9 Å². The van der Waals surface area contributed by atoms with Gasteiger partial charge in [-0.3, -0.25) is 4.79 Å². The maximum Gasteiger partial charge on any atom is 0.233 e. The lowest BCUT2D eigenvalue weighted by molar-refractivity contribution is -0.120. The normalized spacial score (nSPS) is 13.3.